The Bertz CT molecular complexity index is 638. The van der Waals surface area contributed by atoms with Crippen LogP contribution in [0, 0.1) is 34.5 Å². The lowest BCUT2D eigenvalue weighted by Gasteiger charge is -2.57. The second-order valence-electron chi connectivity index (χ2n) is 9.30. The smallest absolute Gasteiger partial charge is 0.309 e. The molecule has 0 aromatic rings. The van der Waals surface area contributed by atoms with Crippen LogP contribution in [0.2, 0.25) is 0 Å². The van der Waals surface area contributed by atoms with E-state index in [1.165, 1.54) is 12.7 Å². The molecule has 3 saturated carbocycles. The number of Topliss-reactive ketones (excluding diaryl/α,β-unsaturated/α-hetero) is 1. The van der Waals surface area contributed by atoms with Crippen LogP contribution >= 0.6 is 0 Å². The molecule has 138 valence electrons. The predicted molar refractivity (Wildman–Crippen MR) is 93.6 cm³/mol. The van der Waals surface area contributed by atoms with Crippen LogP contribution in [0.15, 0.2) is 11.6 Å². The second-order valence-corrected chi connectivity index (χ2v) is 9.30. The van der Waals surface area contributed by atoms with E-state index in [1.807, 2.05) is 6.08 Å². The van der Waals surface area contributed by atoms with Gasteiger partial charge in [-0.2, -0.15) is 0 Å². The van der Waals surface area contributed by atoms with Gasteiger partial charge in [-0.05, 0) is 61.2 Å². The quantitative estimate of drug-likeness (QED) is 0.585. The van der Waals surface area contributed by atoms with Crippen LogP contribution in [0.5, 0.6) is 0 Å². The zero-order valence-electron chi connectivity index (χ0n) is 15.6. The first kappa shape index (κ1) is 17.3. The van der Waals surface area contributed by atoms with Crippen molar-refractivity contribution in [2.45, 2.75) is 64.9 Å². The molecule has 4 rings (SSSR count). The van der Waals surface area contributed by atoms with Crippen LogP contribution in [0.3, 0.4) is 0 Å². The van der Waals surface area contributed by atoms with E-state index in [9.17, 15) is 14.7 Å². The number of esters is 1. The van der Waals surface area contributed by atoms with Crippen molar-refractivity contribution in [1.82, 2.24) is 0 Å². The molecule has 4 heteroatoms. The van der Waals surface area contributed by atoms with Crippen molar-refractivity contribution < 1.29 is 19.4 Å². The van der Waals surface area contributed by atoms with Crippen LogP contribution in [0.1, 0.15) is 58.8 Å². The Morgan fingerprint density at radius 1 is 1.24 bits per heavy atom. The molecule has 0 amide bonds. The number of fused-ring (bicyclic) bond motifs is 5. The van der Waals surface area contributed by atoms with E-state index in [1.54, 1.807) is 0 Å². The summed E-state index contributed by atoms with van der Waals surface area (Å²) in [6, 6.07) is 0. The van der Waals surface area contributed by atoms with Crippen molar-refractivity contribution >= 4 is 11.8 Å². The summed E-state index contributed by atoms with van der Waals surface area (Å²) >= 11 is 0. The highest BCUT2D eigenvalue weighted by molar-refractivity contribution is 5.86. The van der Waals surface area contributed by atoms with Gasteiger partial charge in [-0.15, -0.1) is 0 Å². The molecule has 7 atom stereocenters. The van der Waals surface area contributed by atoms with Crippen molar-refractivity contribution in [3.8, 4) is 0 Å². The Kier molecular flexibility index (Phi) is 3.91. The van der Waals surface area contributed by atoms with Gasteiger partial charge in [0.05, 0.1) is 19.1 Å². The first-order chi connectivity index (χ1) is 11.8. The van der Waals surface area contributed by atoms with Crippen molar-refractivity contribution in [1.29, 1.82) is 0 Å². The zero-order chi connectivity index (χ0) is 18.0. The molecule has 0 aromatic heterocycles. The third kappa shape index (κ3) is 2.29. The van der Waals surface area contributed by atoms with Gasteiger partial charge >= 0.3 is 5.97 Å². The molecular weight excluding hydrogens is 316 g/mol. The molecule has 4 aliphatic carbocycles. The van der Waals surface area contributed by atoms with Gasteiger partial charge in [-0.25, -0.2) is 0 Å². The van der Waals surface area contributed by atoms with Crippen LogP contribution < -0.4 is 0 Å². The normalized spacial score (nSPS) is 48.9. The second kappa shape index (κ2) is 5.67. The molecule has 0 aromatic carbocycles. The molecule has 0 aliphatic heterocycles. The minimum Gasteiger partial charge on any atom is -0.469 e. The fraction of sp³-hybridized carbons (Fsp3) is 0.810. The Balaban J connectivity index is 1.70. The summed E-state index contributed by atoms with van der Waals surface area (Å²) in [6.45, 7) is 4.40. The topological polar surface area (TPSA) is 63.6 Å². The number of hydrogen-bond donors (Lipinski definition) is 1. The van der Waals surface area contributed by atoms with E-state index in [0.717, 1.165) is 38.5 Å². The number of aliphatic hydroxyl groups is 1. The van der Waals surface area contributed by atoms with Crippen molar-refractivity contribution in [2.75, 3.05) is 7.11 Å². The molecule has 25 heavy (non-hydrogen) atoms. The summed E-state index contributed by atoms with van der Waals surface area (Å²) in [6.07, 6.45) is 7.71. The summed E-state index contributed by atoms with van der Waals surface area (Å²) in [5.74, 6) is 0.936. The molecule has 1 N–H and O–H groups in total. The number of methoxy groups -OCH3 is 1. The summed E-state index contributed by atoms with van der Waals surface area (Å²) in [7, 11) is 1.46. The van der Waals surface area contributed by atoms with Crippen LogP contribution in [0.25, 0.3) is 0 Å². The maximum atomic E-state index is 13.3. The number of aliphatic hydroxyl groups excluding tert-OH is 1. The maximum Gasteiger partial charge on any atom is 0.309 e. The number of carbonyl (C=O) groups is 2. The van der Waals surface area contributed by atoms with E-state index in [2.05, 4.69) is 13.8 Å². The Hall–Kier alpha value is -1.16. The molecule has 0 unspecified atom stereocenters. The number of rotatable bonds is 1. The molecule has 0 spiro atoms. The van der Waals surface area contributed by atoms with Crippen LogP contribution in [0.4, 0.5) is 0 Å². The number of carbonyl (C=O) groups excluding carboxylic acids is 2. The number of allylic oxidation sites excluding steroid dienone is 1. The van der Waals surface area contributed by atoms with E-state index < -0.39 is 0 Å². The fourth-order valence-electron chi connectivity index (χ4n) is 7.06. The first-order valence-corrected chi connectivity index (χ1v) is 9.81. The first-order valence-electron chi connectivity index (χ1n) is 9.81. The largest absolute Gasteiger partial charge is 0.469 e. The van der Waals surface area contributed by atoms with Gasteiger partial charge < -0.3 is 9.84 Å². The van der Waals surface area contributed by atoms with Gasteiger partial charge in [0.1, 0.15) is 5.78 Å². The summed E-state index contributed by atoms with van der Waals surface area (Å²) in [5.41, 5.74) is 0.966. The molecule has 3 fully saturated rings. The third-order valence-electron chi connectivity index (χ3n) is 8.26. The standard InChI is InChI=1S/C21H30O4/c1-20-9-8-13(22)10-12(20)4-5-14-15-6-7-16(19(24)25-3)21(15,2)11-17(23)18(14)20/h10,13-16,18,22H,4-9,11H2,1-3H3/t13-,14-,15-,16+,18+,20-,21-/m0/s1. The zero-order valence-corrected chi connectivity index (χ0v) is 15.6. The van der Waals surface area contributed by atoms with Gasteiger partial charge in [0, 0.05) is 12.3 Å². The van der Waals surface area contributed by atoms with E-state index >= 15 is 0 Å². The molecule has 0 bridgehead atoms. The molecule has 4 aliphatic rings. The van der Waals surface area contributed by atoms with Gasteiger partial charge in [0.2, 0.25) is 0 Å². The summed E-state index contributed by atoms with van der Waals surface area (Å²) < 4.78 is 5.05. The molecular formula is C21H30O4. The van der Waals surface area contributed by atoms with Crippen LogP contribution in [-0.2, 0) is 14.3 Å². The highest BCUT2D eigenvalue weighted by Crippen LogP contribution is 2.65. The average molecular weight is 346 g/mol. The van der Waals surface area contributed by atoms with Crippen LogP contribution in [-0.4, -0.2) is 30.1 Å². The molecule has 0 radical (unpaired) electrons. The lowest BCUT2D eigenvalue weighted by atomic mass is 9.46. The highest BCUT2D eigenvalue weighted by atomic mass is 16.5. The summed E-state index contributed by atoms with van der Waals surface area (Å²) in [5, 5.41) is 10.0. The van der Waals surface area contributed by atoms with Crippen molar-refractivity contribution in [3.63, 3.8) is 0 Å². The summed E-state index contributed by atoms with van der Waals surface area (Å²) in [4.78, 5) is 25.6. The molecule has 0 heterocycles. The van der Waals surface area contributed by atoms with Gasteiger partial charge in [0.25, 0.3) is 0 Å². The molecule has 0 saturated heterocycles. The lowest BCUT2D eigenvalue weighted by molar-refractivity contribution is -0.157. The maximum absolute atomic E-state index is 13.3. The monoisotopic (exact) mass is 346 g/mol. The Labute approximate surface area is 150 Å². The predicted octanol–water partition coefficient (Wildman–Crippen LogP) is 3.28. The minimum atomic E-state index is -0.348. The average Bonchev–Trinajstić information content (AvgIpc) is 2.91. The number of ketones is 1. The fourth-order valence-corrected chi connectivity index (χ4v) is 7.06. The number of ether oxygens (including phenoxy) is 1. The molecule has 4 nitrogen and oxygen atoms in total. The SMILES string of the molecule is COC(=O)[C@H]1CC[C@H]2[C@@H]3CCC4=C[C@@H](O)CC[C@]4(C)[C@H]3C(=O)C[C@]12C. The third-order valence-corrected chi connectivity index (χ3v) is 8.26. The van der Waals surface area contributed by atoms with E-state index in [4.69, 9.17) is 4.74 Å². The van der Waals surface area contributed by atoms with E-state index in [0.29, 0.717) is 24.0 Å². The van der Waals surface area contributed by atoms with Crippen molar-refractivity contribution in [2.24, 2.45) is 34.5 Å². The lowest BCUT2D eigenvalue weighted by Crippen LogP contribution is -2.55. The van der Waals surface area contributed by atoms with Gasteiger partial charge in [-0.3, -0.25) is 9.59 Å². The van der Waals surface area contributed by atoms with Crippen molar-refractivity contribution in [3.05, 3.63) is 11.6 Å². The minimum absolute atomic E-state index is 0.0643. The highest BCUT2D eigenvalue weighted by Gasteiger charge is 2.63. The van der Waals surface area contributed by atoms with Gasteiger partial charge in [0.15, 0.2) is 0 Å². The number of hydrogen-bond acceptors (Lipinski definition) is 4. The van der Waals surface area contributed by atoms with Gasteiger partial charge in [-0.1, -0.05) is 25.5 Å². The van der Waals surface area contributed by atoms with E-state index in [-0.39, 0.29) is 34.7 Å². The Morgan fingerprint density at radius 3 is 2.72 bits per heavy atom. The Morgan fingerprint density at radius 2 is 2.00 bits per heavy atom.